The zero-order valence-electron chi connectivity index (χ0n) is 15.5. The highest BCUT2D eigenvalue weighted by molar-refractivity contribution is 6.35. The fourth-order valence-electron chi connectivity index (χ4n) is 2.55. The van der Waals surface area contributed by atoms with Crippen LogP contribution in [0.5, 0.6) is 5.75 Å². The summed E-state index contributed by atoms with van der Waals surface area (Å²) in [6.07, 6.45) is 1.46. The minimum absolute atomic E-state index is 0.0777. The zero-order valence-corrected chi connectivity index (χ0v) is 17.0. The Bertz CT molecular complexity index is 1100. The number of hydrogen-bond donors (Lipinski definition) is 1. The highest BCUT2D eigenvalue weighted by Crippen LogP contribution is 2.23. The first-order chi connectivity index (χ1) is 14.4. The first-order valence-electron chi connectivity index (χ1n) is 8.79. The zero-order chi connectivity index (χ0) is 21.5. The van der Waals surface area contributed by atoms with Crippen LogP contribution in [0.4, 0.5) is 10.1 Å². The number of rotatable bonds is 6. The van der Waals surface area contributed by atoms with Gasteiger partial charge in [0, 0.05) is 15.7 Å². The van der Waals surface area contributed by atoms with Gasteiger partial charge in [0.15, 0.2) is 0 Å². The number of carbonyl (C=O) groups excluding carboxylic acids is 1. The van der Waals surface area contributed by atoms with Crippen molar-refractivity contribution in [3.63, 3.8) is 0 Å². The van der Waals surface area contributed by atoms with E-state index < -0.39 is 5.91 Å². The van der Waals surface area contributed by atoms with E-state index in [1.807, 2.05) is 6.07 Å². The van der Waals surface area contributed by atoms with Crippen molar-refractivity contribution >= 4 is 40.9 Å². The standard InChI is InChI=1S/C23H15Cl2FN2O2/c24-18-10-19(25)12-21(11-18)28-23(29)17(13-27)9-15-3-7-22(8-4-15)30-14-16-1-5-20(26)6-2-16/h1-12H,14H2,(H,28,29)/b17-9-. The number of carbonyl (C=O) groups is 1. The topological polar surface area (TPSA) is 62.1 Å². The molecule has 0 heterocycles. The van der Waals surface area contributed by atoms with Crippen LogP contribution in [-0.4, -0.2) is 5.91 Å². The Morgan fingerprint density at radius 3 is 2.27 bits per heavy atom. The molecule has 0 aliphatic rings. The van der Waals surface area contributed by atoms with Crippen LogP contribution in [0.1, 0.15) is 11.1 Å². The summed E-state index contributed by atoms with van der Waals surface area (Å²) < 4.78 is 18.6. The lowest BCUT2D eigenvalue weighted by atomic mass is 10.1. The molecule has 0 saturated carbocycles. The second kappa shape index (κ2) is 9.93. The first-order valence-corrected chi connectivity index (χ1v) is 9.55. The molecule has 0 atom stereocenters. The van der Waals surface area contributed by atoms with Gasteiger partial charge in [0.1, 0.15) is 29.8 Å². The minimum Gasteiger partial charge on any atom is -0.489 e. The highest BCUT2D eigenvalue weighted by atomic mass is 35.5. The smallest absolute Gasteiger partial charge is 0.266 e. The van der Waals surface area contributed by atoms with Crippen LogP contribution in [0.3, 0.4) is 0 Å². The maximum absolute atomic E-state index is 12.9. The fraction of sp³-hybridized carbons (Fsp3) is 0.0435. The Morgan fingerprint density at radius 1 is 1.03 bits per heavy atom. The van der Waals surface area contributed by atoms with Gasteiger partial charge in [-0.3, -0.25) is 4.79 Å². The molecule has 1 amide bonds. The molecular weight excluding hydrogens is 426 g/mol. The van der Waals surface area contributed by atoms with Crippen LogP contribution in [0.15, 0.2) is 72.3 Å². The summed E-state index contributed by atoms with van der Waals surface area (Å²) in [5, 5.41) is 12.7. The van der Waals surface area contributed by atoms with Crippen LogP contribution in [0.25, 0.3) is 6.08 Å². The molecule has 7 heteroatoms. The highest BCUT2D eigenvalue weighted by Gasteiger charge is 2.10. The van der Waals surface area contributed by atoms with E-state index in [9.17, 15) is 14.4 Å². The summed E-state index contributed by atoms with van der Waals surface area (Å²) in [5.41, 5.74) is 1.80. The molecule has 150 valence electrons. The summed E-state index contributed by atoms with van der Waals surface area (Å²) in [6.45, 7) is 0.295. The number of benzene rings is 3. The molecule has 4 nitrogen and oxygen atoms in total. The van der Waals surface area contributed by atoms with E-state index in [1.54, 1.807) is 42.5 Å². The average molecular weight is 441 g/mol. The molecule has 0 unspecified atom stereocenters. The van der Waals surface area contributed by atoms with Gasteiger partial charge in [-0.1, -0.05) is 47.5 Å². The van der Waals surface area contributed by atoms with Crippen LogP contribution < -0.4 is 10.1 Å². The number of hydrogen-bond acceptors (Lipinski definition) is 3. The molecule has 0 radical (unpaired) electrons. The van der Waals surface area contributed by atoms with Crippen molar-refractivity contribution in [3.05, 3.63) is 99.3 Å². The lowest BCUT2D eigenvalue weighted by Gasteiger charge is -2.07. The SMILES string of the molecule is N#C/C(=C/c1ccc(OCc2ccc(F)cc2)cc1)C(=O)Nc1cc(Cl)cc(Cl)c1. The molecule has 0 aromatic heterocycles. The van der Waals surface area contributed by atoms with Crippen molar-refractivity contribution in [1.82, 2.24) is 0 Å². The van der Waals surface area contributed by atoms with Crippen molar-refractivity contribution in [3.8, 4) is 11.8 Å². The predicted molar refractivity (Wildman–Crippen MR) is 116 cm³/mol. The van der Waals surface area contributed by atoms with Gasteiger partial charge in [0.2, 0.25) is 0 Å². The number of ether oxygens (including phenoxy) is 1. The monoisotopic (exact) mass is 440 g/mol. The Morgan fingerprint density at radius 2 is 1.67 bits per heavy atom. The van der Waals surface area contributed by atoms with Gasteiger partial charge in [-0.05, 0) is 59.7 Å². The van der Waals surface area contributed by atoms with Crippen molar-refractivity contribution in [2.45, 2.75) is 6.61 Å². The predicted octanol–water partition coefficient (Wildman–Crippen LogP) is 6.26. The summed E-state index contributed by atoms with van der Waals surface area (Å²) in [7, 11) is 0. The third kappa shape index (κ3) is 6.08. The van der Waals surface area contributed by atoms with Crippen molar-refractivity contribution < 1.29 is 13.9 Å². The minimum atomic E-state index is -0.576. The normalized spacial score (nSPS) is 10.9. The van der Waals surface area contributed by atoms with E-state index >= 15 is 0 Å². The molecule has 0 spiro atoms. The number of nitriles is 1. The number of nitrogens with zero attached hydrogens (tertiary/aromatic N) is 1. The van der Waals surface area contributed by atoms with Crippen LogP contribution in [-0.2, 0) is 11.4 Å². The van der Waals surface area contributed by atoms with E-state index in [0.29, 0.717) is 33.7 Å². The summed E-state index contributed by atoms with van der Waals surface area (Å²) >= 11 is 11.8. The Kier molecular flexibility index (Phi) is 7.08. The van der Waals surface area contributed by atoms with Crippen LogP contribution in [0.2, 0.25) is 10.0 Å². The second-order valence-electron chi connectivity index (χ2n) is 6.27. The molecule has 3 aromatic carbocycles. The van der Waals surface area contributed by atoms with E-state index in [-0.39, 0.29) is 11.4 Å². The Balaban J connectivity index is 1.65. The molecule has 30 heavy (non-hydrogen) atoms. The molecule has 1 N–H and O–H groups in total. The molecule has 0 fully saturated rings. The second-order valence-corrected chi connectivity index (χ2v) is 7.14. The Hall–Kier alpha value is -3.33. The number of nitrogens with one attached hydrogen (secondary N) is 1. The van der Waals surface area contributed by atoms with Gasteiger partial charge in [0.25, 0.3) is 5.91 Å². The van der Waals surface area contributed by atoms with E-state index in [4.69, 9.17) is 27.9 Å². The van der Waals surface area contributed by atoms with Gasteiger partial charge in [-0.15, -0.1) is 0 Å². The third-order valence-corrected chi connectivity index (χ3v) is 4.43. The maximum atomic E-state index is 12.9. The fourth-order valence-corrected chi connectivity index (χ4v) is 3.07. The van der Waals surface area contributed by atoms with Crippen LogP contribution >= 0.6 is 23.2 Å². The van der Waals surface area contributed by atoms with E-state index in [2.05, 4.69) is 5.32 Å². The molecular formula is C23H15Cl2FN2O2. The number of amides is 1. The van der Waals surface area contributed by atoms with Crippen molar-refractivity contribution in [1.29, 1.82) is 5.26 Å². The largest absolute Gasteiger partial charge is 0.489 e. The molecule has 0 aliphatic heterocycles. The van der Waals surface area contributed by atoms with Gasteiger partial charge >= 0.3 is 0 Å². The van der Waals surface area contributed by atoms with Crippen molar-refractivity contribution in [2.24, 2.45) is 0 Å². The van der Waals surface area contributed by atoms with E-state index in [1.165, 1.54) is 30.3 Å². The molecule has 0 aliphatic carbocycles. The molecule has 3 aromatic rings. The van der Waals surface area contributed by atoms with Crippen molar-refractivity contribution in [2.75, 3.05) is 5.32 Å². The van der Waals surface area contributed by atoms with E-state index in [0.717, 1.165) is 5.56 Å². The molecule has 3 rings (SSSR count). The summed E-state index contributed by atoms with van der Waals surface area (Å²) in [4.78, 5) is 12.4. The quantitative estimate of drug-likeness (QED) is 0.363. The summed E-state index contributed by atoms with van der Waals surface area (Å²) in [5.74, 6) is -0.272. The average Bonchev–Trinajstić information content (AvgIpc) is 2.71. The lowest BCUT2D eigenvalue weighted by molar-refractivity contribution is -0.112. The number of anilines is 1. The van der Waals surface area contributed by atoms with Gasteiger partial charge in [-0.25, -0.2) is 4.39 Å². The lowest BCUT2D eigenvalue weighted by Crippen LogP contribution is -2.13. The maximum Gasteiger partial charge on any atom is 0.266 e. The van der Waals surface area contributed by atoms with Gasteiger partial charge < -0.3 is 10.1 Å². The number of halogens is 3. The van der Waals surface area contributed by atoms with Gasteiger partial charge in [-0.2, -0.15) is 5.26 Å². The first kappa shape index (κ1) is 21.4. The van der Waals surface area contributed by atoms with Gasteiger partial charge in [0.05, 0.1) is 0 Å². The third-order valence-electron chi connectivity index (χ3n) is 4.00. The molecule has 0 saturated heterocycles. The van der Waals surface area contributed by atoms with Crippen LogP contribution in [0, 0.1) is 17.1 Å². The summed E-state index contributed by atoms with van der Waals surface area (Å²) in [6, 6.07) is 19.4. The Labute approximate surface area is 183 Å². The molecule has 0 bridgehead atoms.